The number of nitrogens with one attached hydrogen (secondary N) is 1. The van der Waals surface area contributed by atoms with Crippen molar-refractivity contribution in [2.75, 3.05) is 6.61 Å². The molecule has 0 radical (unpaired) electrons. The maximum absolute atomic E-state index is 14.7. The molecule has 5 nitrogen and oxygen atoms in total. The van der Waals surface area contributed by atoms with Crippen molar-refractivity contribution in [1.29, 1.82) is 0 Å². The quantitative estimate of drug-likeness (QED) is 0.352. The molecule has 9 heteroatoms. The van der Waals surface area contributed by atoms with Crippen LogP contribution in [0.3, 0.4) is 0 Å². The number of thiazole rings is 1. The van der Waals surface area contributed by atoms with Crippen molar-refractivity contribution in [1.82, 2.24) is 14.9 Å². The predicted molar refractivity (Wildman–Crippen MR) is 124 cm³/mol. The van der Waals surface area contributed by atoms with Gasteiger partial charge in [-0.15, -0.1) is 11.3 Å². The monoisotopic (exact) mass is 485 g/mol. The van der Waals surface area contributed by atoms with Crippen LogP contribution in [0, 0.1) is 24.4 Å². The standard InChI is InChI=1S/C25H22F3N3O2S/c1-12(2)22-23(24(32)29-17-10-11-33-18-7-5-4-6-14(17)18)34-25-19(13(3)30-31(22)25)15-8-9-16(26)21(28)20(15)27/h4-9,12,17H,10-11H2,1-3H3,(H,29,32)/t17-/m0/s1. The number of hydrogen-bond acceptors (Lipinski definition) is 4. The molecule has 1 aliphatic heterocycles. The second kappa shape index (κ2) is 8.47. The van der Waals surface area contributed by atoms with Gasteiger partial charge in [-0.1, -0.05) is 32.0 Å². The van der Waals surface area contributed by atoms with Crippen LogP contribution >= 0.6 is 11.3 Å². The summed E-state index contributed by atoms with van der Waals surface area (Å²) in [7, 11) is 0. The van der Waals surface area contributed by atoms with Crippen LogP contribution in [0.5, 0.6) is 5.75 Å². The number of carbonyl (C=O) groups excluding carboxylic acids is 1. The molecule has 1 atom stereocenters. The van der Waals surface area contributed by atoms with Gasteiger partial charge in [0.05, 0.1) is 24.0 Å². The Morgan fingerprint density at radius 1 is 1.18 bits per heavy atom. The van der Waals surface area contributed by atoms with Crippen molar-refractivity contribution in [2.45, 2.75) is 39.2 Å². The Kier molecular flexibility index (Phi) is 5.59. The molecule has 0 saturated carbocycles. The van der Waals surface area contributed by atoms with E-state index in [2.05, 4.69) is 10.4 Å². The second-order valence-corrected chi connectivity index (χ2v) is 9.57. The van der Waals surface area contributed by atoms with Gasteiger partial charge >= 0.3 is 0 Å². The van der Waals surface area contributed by atoms with Crippen LogP contribution in [0.2, 0.25) is 0 Å². The average Bonchev–Trinajstić information content (AvgIpc) is 3.33. The molecule has 5 rings (SSSR count). The molecule has 0 fully saturated rings. The first kappa shape index (κ1) is 22.5. The maximum Gasteiger partial charge on any atom is 0.263 e. The van der Waals surface area contributed by atoms with Crippen LogP contribution < -0.4 is 10.1 Å². The Hall–Kier alpha value is -3.33. The molecule has 3 heterocycles. The molecule has 1 aliphatic rings. The normalized spacial score (nSPS) is 15.4. The number of aryl methyl sites for hydroxylation is 1. The van der Waals surface area contributed by atoms with Crippen molar-refractivity contribution in [3.63, 3.8) is 0 Å². The summed E-state index contributed by atoms with van der Waals surface area (Å²) in [5.74, 6) is -3.66. The van der Waals surface area contributed by atoms with Crippen molar-refractivity contribution in [2.24, 2.45) is 0 Å². The molecule has 0 aliphatic carbocycles. The summed E-state index contributed by atoms with van der Waals surface area (Å²) in [6.45, 7) is 6.05. The van der Waals surface area contributed by atoms with E-state index in [1.807, 2.05) is 38.1 Å². The van der Waals surface area contributed by atoms with Crippen molar-refractivity contribution in [3.05, 3.63) is 75.7 Å². The van der Waals surface area contributed by atoms with Crippen molar-refractivity contribution >= 4 is 22.1 Å². The molecule has 0 unspecified atom stereocenters. The molecule has 0 saturated heterocycles. The second-order valence-electron chi connectivity index (χ2n) is 8.57. The summed E-state index contributed by atoms with van der Waals surface area (Å²) in [6.07, 6.45) is 0.632. The van der Waals surface area contributed by atoms with E-state index in [-0.39, 0.29) is 23.4 Å². The number of ether oxygens (including phenoxy) is 1. The molecule has 0 bridgehead atoms. The summed E-state index contributed by atoms with van der Waals surface area (Å²) < 4.78 is 49.5. The van der Waals surface area contributed by atoms with Gasteiger partial charge in [0, 0.05) is 23.1 Å². The largest absolute Gasteiger partial charge is 0.493 e. The molecule has 2 aromatic heterocycles. The number of amides is 1. The fourth-order valence-electron chi connectivity index (χ4n) is 4.42. The third kappa shape index (κ3) is 3.55. The van der Waals surface area contributed by atoms with Gasteiger partial charge in [0.1, 0.15) is 15.5 Å². The van der Waals surface area contributed by atoms with Crippen molar-refractivity contribution < 1.29 is 22.7 Å². The third-order valence-electron chi connectivity index (χ3n) is 6.00. The van der Waals surface area contributed by atoms with Gasteiger partial charge in [-0.3, -0.25) is 4.79 Å². The van der Waals surface area contributed by atoms with Gasteiger partial charge in [-0.25, -0.2) is 17.7 Å². The summed E-state index contributed by atoms with van der Waals surface area (Å²) in [5.41, 5.74) is 2.31. The number of aromatic nitrogens is 2. The Morgan fingerprint density at radius 2 is 1.94 bits per heavy atom. The molecular formula is C25H22F3N3O2S. The molecule has 34 heavy (non-hydrogen) atoms. The fourth-order valence-corrected chi connectivity index (χ4v) is 5.78. The SMILES string of the molecule is Cc1nn2c(C(C)C)c(C(=O)N[C@H]3CCOc4ccccc43)sc2c1-c1ccc(F)c(F)c1F. The van der Waals surface area contributed by atoms with E-state index in [0.717, 1.165) is 17.4 Å². The average molecular weight is 486 g/mol. The van der Waals surface area contributed by atoms with Crippen molar-refractivity contribution in [3.8, 4) is 16.9 Å². The highest BCUT2D eigenvalue weighted by atomic mass is 32.1. The van der Waals surface area contributed by atoms with Gasteiger partial charge in [0.15, 0.2) is 17.5 Å². The first-order chi connectivity index (χ1) is 16.3. The van der Waals surface area contributed by atoms with E-state index < -0.39 is 17.5 Å². The van der Waals surface area contributed by atoms with Gasteiger partial charge in [0.25, 0.3) is 5.91 Å². The van der Waals surface area contributed by atoms with Crippen LogP contribution in [-0.2, 0) is 0 Å². The van der Waals surface area contributed by atoms with Gasteiger partial charge in [-0.2, -0.15) is 5.10 Å². The number of fused-ring (bicyclic) bond motifs is 2. The smallest absolute Gasteiger partial charge is 0.263 e. The molecule has 0 spiro atoms. The van der Waals surface area contributed by atoms with E-state index >= 15 is 0 Å². The van der Waals surface area contributed by atoms with Crippen LogP contribution in [-0.4, -0.2) is 22.1 Å². The minimum absolute atomic E-state index is 0.0709. The highest BCUT2D eigenvalue weighted by Gasteiger charge is 2.30. The number of rotatable bonds is 4. The summed E-state index contributed by atoms with van der Waals surface area (Å²) >= 11 is 1.17. The van der Waals surface area contributed by atoms with Gasteiger partial charge < -0.3 is 10.1 Å². The highest BCUT2D eigenvalue weighted by molar-refractivity contribution is 7.20. The predicted octanol–water partition coefficient (Wildman–Crippen LogP) is 6.17. The minimum Gasteiger partial charge on any atom is -0.493 e. The van der Waals surface area contributed by atoms with Crippen LogP contribution in [0.4, 0.5) is 13.2 Å². The highest BCUT2D eigenvalue weighted by Crippen LogP contribution is 2.39. The van der Waals surface area contributed by atoms with E-state index in [1.165, 1.54) is 17.4 Å². The molecule has 1 amide bonds. The number of para-hydroxylation sites is 1. The molecule has 2 aromatic carbocycles. The summed E-state index contributed by atoms with van der Waals surface area (Å²) in [4.78, 5) is 14.4. The number of hydrogen-bond donors (Lipinski definition) is 1. The number of halogens is 3. The molecular weight excluding hydrogens is 463 g/mol. The summed E-state index contributed by atoms with van der Waals surface area (Å²) in [5, 5.41) is 7.64. The maximum atomic E-state index is 14.7. The minimum atomic E-state index is -1.53. The zero-order valence-corrected chi connectivity index (χ0v) is 19.6. The summed E-state index contributed by atoms with van der Waals surface area (Å²) in [6, 6.07) is 9.47. The molecule has 176 valence electrons. The Morgan fingerprint density at radius 3 is 2.71 bits per heavy atom. The van der Waals surface area contributed by atoms with Crippen LogP contribution in [0.1, 0.15) is 58.9 Å². The van der Waals surface area contributed by atoms with Crippen LogP contribution in [0.25, 0.3) is 16.0 Å². The Balaban J connectivity index is 1.60. The fraction of sp³-hybridized carbons (Fsp3) is 0.280. The zero-order chi connectivity index (χ0) is 24.1. The number of benzene rings is 2. The number of nitrogens with zero attached hydrogens (tertiary/aromatic N) is 2. The molecule has 1 N–H and O–H groups in total. The van der Waals surface area contributed by atoms with Gasteiger partial charge in [-0.05, 0) is 31.0 Å². The number of carbonyl (C=O) groups is 1. The lowest BCUT2D eigenvalue weighted by atomic mass is 10.0. The third-order valence-corrected chi connectivity index (χ3v) is 7.17. The molecule has 4 aromatic rings. The first-order valence-corrected chi connectivity index (χ1v) is 11.8. The van der Waals surface area contributed by atoms with Crippen LogP contribution in [0.15, 0.2) is 36.4 Å². The Bertz CT molecular complexity index is 1430. The lowest BCUT2D eigenvalue weighted by Gasteiger charge is -2.26. The first-order valence-electron chi connectivity index (χ1n) is 11.0. The lowest BCUT2D eigenvalue weighted by molar-refractivity contribution is 0.0927. The van der Waals surface area contributed by atoms with E-state index in [4.69, 9.17) is 4.74 Å². The van der Waals surface area contributed by atoms with Gasteiger partial charge in [0.2, 0.25) is 0 Å². The van der Waals surface area contributed by atoms with E-state index in [0.29, 0.717) is 39.7 Å². The van der Waals surface area contributed by atoms with E-state index in [9.17, 15) is 18.0 Å². The lowest BCUT2D eigenvalue weighted by Crippen LogP contribution is -2.32. The van der Waals surface area contributed by atoms with E-state index in [1.54, 1.807) is 11.4 Å². The zero-order valence-electron chi connectivity index (χ0n) is 18.8. The Labute approximate surface area is 198 Å². The topological polar surface area (TPSA) is 55.6 Å².